The Morgan fingerprint density at radius 2 is 2.21 bits per heavy atom. The molecule has 1 aromatic heterocycles. The van der Waals surface area contributed by atoms with E-state index in [0.717, 1.165) is 12.2 Å². The van der Waals surface area contributed by atoms with Crippen LogP contribution in [-0.4, -0.2) is 17.4 Å². The number of aromatic nitrogens is 1. The normalized spacial score (nSPS) is 13.2. The monoisotopic (exact) mass is 321 g/mol. The number of ether oxygens (including phenoxy) is 1. The molecular formula is C19H19N3O2. The maximum atomic E-state index is 11.7. The van der Waals surface area contributed by atoms with Crippen molar-refractivity contribution in [2.45, 2.75) is 26.3 Å². The van der Waals surface area contributed by atoms with Crippen molar-refractivity contribution in [1.29, 1.82) is 5.26 Å². The van der Waals surface area contributed by atoms with Gasteiger partial charge in [0.15, 0.2) is 5.78 Å². The highest BCUT2D eigenvalue weighted by molar-refractivity contribution is 5.99. The fraction of sp³-hybridized carbons (Fsp3) is 0.316. The third-order valence-corrected chi connectivity index (χ3v) is 3.97. The lowest BCUT2D eigenvalue weighted by Crippen LogP contribution is -2.06. The Labute approximate surface area is 141 Å². The van der Waals surface area contributed by atoms with Crippen LogP contribution in [0.4, 0.5) is 5.69 Å². The Morgan fingerprint density at radius 3 is 2.83 bits per heavy atom. The topological polar surface area (TPSA) is 75.0 Å². The summed E-state index contributed by atoms with van der Waals surface area (Å²) in [7, 11) is 0. The number of nitrogens with zero attached hydrogens (tertiary/aromatic N) is 2. The second kappa shape index (κ2) is 7.14. The summed E-state index contributed by atoms with van der Waals surface area (Å²) in [5.74, 6) is 1.30. The molecule has 0 aliphatic heterocycles. The molecule has 1 aliphatic carbocycles. The van der Waals surface area contributed by atoms with E-state index in [4.69, 9.17) is 10.00 Å². The van der Waals surface area contributed by atoms with E-state index in [1.54, 1.807) is 24.4 Å². The van der Waals surface area contributed by atoms with Crippen LogP contribution in [0.25, 0.3) is 0 Å². The number of ketones is 1. The Bertz CT molecular complexity index is 774. The summed E-state index contributed by atoms with van der Waals surface area (Å²) in [5, 5.41) is 12.2. The first-order valence-corrected chi connectivity index (χ1v) is 8.02. The molecule has 122 valence electrons. The van der Waals surface area contributed by atoms with Crippen molar-refractivity contribution >= 4 is 11.5 Å². The molecule has 0 spiro atoms. The van der Waals surface area contributed by atoms with Crippen molar-refractivity contribution in [2.75, 3.05) is 11.9 Å². The maximum Gasteiger partial charge on any atom is 0.213 e. The van der Waals surface area contributed by atoms with Crippen LogP contribution >= 0.6 is 0 Å². The zero-order valence-electron chi connectivity index (χ0n) is 13.6. The van der Waals surface area contributed by atoms with E-state index in [1.807, 2.05) is 12.1 Å². The fourth-order valence-corrected chi connectivity index (χ4v) is 2.35. The highest BCUT2D eigenvalue weighted by atomic mass is 16.5. The molecule has 1 N–H and O–H groups in total. The Balaban J connectivity index is 1.64. The van der Waals surface area contributed by atoms with Crippen molar-refractivity contribution < 1.29 is 9.53 Å². The molecule has 1 aliphatic rings. The van der Waals surface area contributed by atoms with Gasteiger partial charge >= 0.3 is 0 Å². The highest BCUT2D eigenvalue weighted by Gasteiger charge is 2.22. The number of hydrogen-bond acceptors (Lipinski definition) is 5. The van der Waals surface area contributed by atoms with Gasteiger partial charge in [0, 0.05) is 30.1 Å². The summed E-state index contributed by atoms with van der Waals surface area (Å²) in [5.41, 5.74) is 2.73. The molecule has 0 saturated heterocycles. The van der Waals surface area contributed by atoms with Gasteiger partial charge in [-0.15, -0.1) is 0 Å². The molecule has 1 aromatic carbocycles. The van der Waals surface area contributed by atoms with Crippen LogP contribution in [0.1, 0.15) is 41.3 Å². The number of benzene rings is 1. The number of hydrogen-bond donors (Lipinski definition) is 1. The summed E-state index contributed by atoms with van der Waals surface area (Å²) < 4.78 is 5.62. The average molecular weight is 321 g/mol. The van der Waals surface area contributed by atoms with E-state index in [1.165, 1.54) is 19.8 Å². The first-order chi connectivity index (χ1) is 11.7. The van der Waals surface area contributed by atoms with Crippen LogP contribution in [0.3, 0.4) is 0 Å². The van der Waals surface area contributed by atoms with Gasteiger partial charge in [-0.3, -0.25) is 4.79 Å². The molecule has 0 unspecified atom stereocenters. The van der Waals surface area contributed by atoms with Crippen molar-refractivity contribution in [3.05, 3.63) is 53.2 Å². The van der Waals surface area contributed by atoms with Gasteiger partial charge < -0.3 is 10.1 Å². The summed E-state index contributed by atoms with van der Waals surface area (Å²) in [6, 6.07) is 10.9. The summed E-state index contributed by atoms with van der Waals surface area (Å²) in [4.78, 5) is 16.0. The lowest BCUT2D eigenvalue weighted by atomic mass is 10.1. The maximum absolute atomic E-state index is 11.7. The van der Waals surface area contributed by atoms with Gasteiger partial charge in [0.2, 0.25) is 5.88 Å². The first kappa shape index (κ1) is 16.0. The van der Waals surface area contributed by atoms with Gasteiger partial charge in [-0.2, -0.15) is 5.26 Å². The minimum atomic E-state index is -0.0380. The zero-order chi connectivity index (χ0) is 16.9. The summed E-state index contributed by atoms with van der Waals surface area (Å²) in [6.07, 6.45) is 4.27. The molecular weight excluding hydrogens is 302 g/mol. The average Bonchev–Trinajstić information content (AvgIpc) is 3.43. The quantitative estimate of drug-likeness (QED) is 0.789. The SMILES string of the molecule is CC(=O)c1ccc(C#N)cc1NCc1ccc(OCC2CC2)nc1. The first-order valence-electron chi connectivity index (χ1n) is 8.02. The molecule has 1 saturated carbocycles. The van der Waals surface area contributed by atoms with E-state index in [-0.39, 0.29) is 5.78 Å². The van der Waals surface area contributed by atoms with Crippen LogP contribution < -0.4 is 10.1 Å². The van der Waals surface area contributed by atoms with Crippen LogP contribution in [0.5, 0.6) is 5.88 Å². The number of anilines is 1. The molecule has 1 heterocycles. The molecule has 0 atom stereocenters. The molecule has 24 heavy (non-hydrogen) atoms. The smallest absolute Gasteiger partial charge is 0.213 e. The van der Waals surface area contributed by atoms with Gasteiger partial charge in [0.05, 0.1) is 18.2 Å². The number of carbonyl (C=O) groups is 1. The van der Waals surface area contributed by atoms with E-state index in [9.17, 15) is 4.79 Å². The van der Waals surface area contributed by atoms with Crippen molar-refractivity contribution in [3.8, 4) is 11.9 Å². The van der Waals surface area contributed by atoms with Crippen LogP contribution in [0, 0.1) is 17.2 Å². The Kier molecular flexibility index (Phi) is 4.76. The van der Waals surface area contributed by atoms with Crippen LogP contribution in [-0.2, 0) is 6.54 Å². The van der Waals surface area contributed by atoms with Crippen molar-refractivity contribution in [1.82, 2.24) is 4.98 Å². The van der Waals surface area contributed by atoms with E-state index < -0.39 is 0 Å². The second-order valence-corrected chi connectivity index (χ2v) is 6.04. The molecule has 5 nitrogen and oxygen atoms in total. The van der Waals surface area contributed by atoms with Gasteiger partial charge in [0.1, 0.15) is 0 Å². The minimum Gasteiger partial charge on any atom is -0.477 e. The molecule has 3 rings (SSSR count). The molecule has 0 radical (unpaired) electrons. The summed E-state index contributed by atoms with van der Waals surface area (Å²) in [6.45, 7) is 2.78. The zero-order valence-corrected chi connectivity index (χ0v) is 13.6. The van der Waals surface area contributed by atoms with Gasteiger partial charge in [-0.05, 0) is 49.4 Å². The van der Waals surface area contributed by atoms with Crippen molar-refractivity contribution in [2.24, 2.45) is 5.92 Å². The van der Waals surface area contributed by atoms with Crippen LogP contribution in [0.15, 0.2) is 36.5 Å². The molecule has 1 fully saturated rings. The minimum absolute atomic E-state index is 0.0380. The predicted molar refractivity (Wildman–Crippen MR) is 90.9 cm³/mol. The largest absolute Gasteiger partial charge is 0.477 e. The lowest BCUT2D eigenvalue weighted by molar-refractivity contribution is 0.101. The third kappa shape index (κ3) is 4.11. The van der Waals surface area contributed by atoms with E-state index in [0.29, 0.717) is 35.2 Å². The molecule has 2 aromatic rings. The number of pyridine rings is 1. The standard InChI is InChI=1S/C19H19N3O2/c1-13(23)17-6-4-15(9-20)8-18(17)21-10-16-5-7-19(22-11-16)24-12-14-2-3-14/h4-8,11,14,21H,2-3,10,12H2,1H3. The van der Waals surface area contributed by atoms with Gasteiger partial charge in [0.25, 0.3) is 0 Å². The predicted octanol–water partition coefficient (Wildman–Crippen LogP) is 3.56. The van der Waals surface area contributed by atoms with Gasteiger partial charge in [-0.1, -0.05) is 6.07 Å². The second-order valence-electron chi connectivity index (χ2n) is 6.04. The van der Waals surface area contributed by atoms with Crippen molar-refractivity contribution in [3.63, 3.8) is 0 Å². The van der Waals surface area contributed by atoms with Crippen LogP contribution in [0.2, 0.25) is 0 Å². The number of nitrogens with one attached hydrogen (secondary N) is 1. The van der Waals surface area contributed by atoms with E-state index in [2.05, 4.69) is 16.4 Å². The van der Waals surface area contributed by atoms with E-state index >= 15 is 0 Å². The third-order valence-electron chi connectivity index (χ3n) is 3.97. The number of carbonyl (C=O) groups excluding carboxylic acids is 1. The Morgan fingerprint density at radius 1 is 1.38 bits per heavy atom. The number of rotatable bonds is 7. The molecule has 0 bridgehead atoms. The number of nitriles is 1. The Hall–Kier alpha value is -2.87. The summed E-state index contributed by atoms with van der Waals surface area (Å²) >= 11 is 0. The number of Topliss-reactive ketones (excluding diaryl/α,β-unsaturated/α-hetero) is 1. The highest BCUT2D eigenvalue weighted by Crippen LogP contribution is 2.29. The van der Waals surface area contributed by atoms with Gasteiger partial charge in [-0.25, -0.2) is 4.98 Å². The fourth-order valence-electron chi connectivity index (χ4n) is 2.35. The molecule has 0 amide bonds. The molecule has 5 heteroatoms. The lowest BCUT2D eigenvalue weighted by Gasteiger charge is -2.11.